The second-order valence-corrected chi connectivity index (χ2v) is 4.52. The predicted molar refractivity (Wildman–Crippen MR) is 68.6 cm³/mol. The lowest BCUT2D eigenvalue weighted by atomic mass is 10.0. The lowest BCUT2D eigenvalue weighted by Crippen LogP contribution is -2.30. The second kappa shape index (κ2) is 6.89. The third kappa shape index (κ3) is 4.36. The average molecular weight is 270 g/mol. The van der Waals surface area contributed by atoms with Crippen molar-refractivity contribution in [1.82, 2.24) is 9.97 Å². The largest absolute Gasteiger partial charge is 0.477 e. The van der Waals surface area contributed by atoms with Gasteiger partial charge in [0.1, 0.15) is 5.69 Å². The van der Waals surface area contributed by atoms with E-state index in [-0.39, 0.29) is 11.3 Å². The summed E-state index contributed by atoms with van der Waals surface area (Å²) in [5, 5.41) is 8.96. The maximum absolute atomic E-state index is 11.6. The van der Waals surface area contributed by atoms with Gasteiger partial charge in [0.05, 0.1) is 0 Å². The maximum atomic E-state index is 11.6. The predicted octanol–water partition coefficient (Wildman–Crippen LogP) is 0.367. The molecule has 0 amide bonds. The molecule has 0 radical (unpaired) electrons. The highest BCUT2D eigenvalue weighted by Crippen LogP contribution is 2.10. The van der Waals surface area contributed by atoms with Crippen molar-refractivity contribution in [3.05, 3.63) is 32.1 Å². The van der Waals surface area contributed by atoms with E-state index in [2.05, 4.69) is 4.98 Å². The fraction of sp³-hybridized carbons (Fsp3) is 0.583. The molecule has 0 aliphatic carbocycles. The van der Waals surface area contributed by atoms with Crippen molar-refractivity contribution in [2.24, 2.45) is 5.92 Å². The first-order valence-corrected chi connectivity index (χ1v) is 6.03. The Kier molecular flexibility index (Phi) is 5.50. The zero-order chi connectivity index (χ0) is 14.4. The summed E-state index contributed by atoms with van der Waals surface area (Å²) >= 11 is 0. The quantitative estimate of drug-likeness (QED) is 0.662. The van der Waals surface area contributed by atoms with E-state index in [4.69, 9.17) is 9.84 Å². The molecule has 0 aliphatic rings. The van der Waals surface area contributed by atoms with E-state index in [1.807, 2.05) is 11.9 Å². The molecule has 7 heteroatoms. The van der Waals surface area contributed by atoms with Crippen molar-refractivity contribution < 1.29 is 14.6 Å². The standard InChI is InChI=1S/C12H18N2O5/c1-7(6-19-2)4-3-5-8-9(11(16)17)13-12(18)14-10(8)15/h7H,3-6H2,1-2H3,(H,16,17)(H2,13,14,15,18). The van der Waals surface area contributed by atoms with Crippen molar-refractivity contribution >= 4 is 5.97 Å². The van der Waals surface area contributed by atoms with Gasteiger partial charge >= 0.3 is 11.7 Å². The normalized spacial score (nSPS) is 12.3. The van der Waals surface area contributed by atoms with E-state index in [0.29, 0.717) is 25.4 Å². The third-order valence-corrected chi connectivity index (χ3v) is 2.83. The molecule has 1 aromatic rings. The molecule has 0 bridgehead atoms. The number of aromatic carboxylic acids is 1. The maximum Gasteiger partial charge on any atom is 0.352 e. The van der Waals surface area contributed by atoms with Gasteiger partial charge in [-0.25, -0.2) is 9.59 Å². The summed E-state index contributed by atoms with van der Waals surface area (Å²) in [6, 6.07) is 0. The van der Waals surface area contributed by atoms with Gasteiger partial charge in [-0.1, -0.05) is 6.92 Å². The number of hydrogen-bond donors (Lipinski definition) is 3. The topological polar surface area (TPSA) is 112 Å². The second-order valence-electron chi connectivity index (χ2n) is 4.52. The van der Waals surface area contributed by atoms with Crippen LogP contribution in [0.3, 0.4) is 0 Å². The van der Waals surface area contributed by atoms with Crippen LogP contribution in [0.15, 0.2) is 9.59 Å². The first kappa shape index (κ1) is 15.2. The number of hydrogen-bond acceptors (Lipinski definition) is 4. The monoisotopic (exact) mass is 270 g/mol. The molecule has 1 rings (SSSR count). The van der Waals surface area contributed by atoms with E-state index in [1.54, 1.807) is 7.11 Å². The molecular formula is C12H18N2O5. The molecule has 106 valence electrons. The van der Waals surface area contributed by atoms with Crippen molar-refractivity contribution in [1.29, 1.82) is 0 Å². The first-order chi connectivity index (χ1) is 8.95. The molecule has 1 aromatic heterocycles. The fourth-order valence-electron chi connectivity index (χ4n) is 1.93. The molecule has 1 heterocycles. The Morgan fingerprint density at radius 1 is 1.37 bits per heavy atom. The highest BCUT2D eigenvalue weighted by molar-refractivity contribution is 5.86. The smallest absolute Gasteiger partial charge is 0.352 e. The number of carboxylic acid groups (broad SMARTS) is 1. The minimum Gasteiger partial charge on any atom is -0.477 e. The van der Waals surface area contributed by atoms with Crippen LogP contribution in [0, 0.1) is 5.92 Å². The van der Waals surface area contributed by atoms with Gasteiger partial charge in [-0.3, -0.25) is 9.78 Å². The molecule has 19 heavy (non-hydrogen) atoms. The molecule has 1 atom stereocenters. The molecule has 0 aromatic carbocycles. The summed E-state index contributed by atoms with van der Waals surface area (Å²) in [5.41, 5.74) is -1.66. The minimum absolute atomic E-state index is 0.108. The fourth-order valence-corrected chi connectivity index (χ4v) is 1.93. The first-order valence-electron chi connectivity index (χ1n) is 6.03. The highest BCUT2D eigenvalue weighted by Gasteiger charge is 2.15. The van der Waals surface area contributed by atoms with Crippen LogP contribution in [-0.2, 0) is 11.2 Å². The SMILES string of the molecule is COCC(C)CCCc1c(C(=O)O)[nH]c(=O)[nH]c1=O. The lowest BCUT2D eigenvalue weighted by molar-refractivity contribution is 0.0688. The van der Waals surface area contributed by atoms with Gasteiger partial charge in [0.25, 0.3) is 5.56 Å². The number of carboxylic acids is 1. The van der Waals surface area contributed by atoms with Crippen LogP contribution in [0.1, 0.15) is 35.8 Å². The van der Waals surface area contributed by atoms with Crippen molar-refractivity contribution in [3.63, 3.8) is 0 Å². The van der Waals surface area contributed by atoms with Crippen LogP contribution >= 0.6 is 0 Å². The van der Waals surface area contributed by atoms with Crippen LogP contribution in [0.5, 0.6) is 0 Å². The Bertz CT molecular complexity index is 546. The van der Waals surface area contributed by atoms with Gasteiger partial charge in [-0.2, -0.15) is 0 Å². The molecule has 0 saturated carbocycles. The lowest BCUT2D eigenvalue weighted by Gasteiger charge is -2.10. The number of aromatic amines is 2. The summed E-state index contributed by atoms with van der Waals surface area (Å²) in [6.45, 7) is 2.63. The van der Waals surface area contributed by atoms with E-state index in [1.165, 1.54) is 0 Å². The summed E-state index contributed by atoms with van der Waals surface area (Å²) in [6.07, 6.45) is 1.77. The number of H-pyrrole nitrogens is 2. The van der Waals surface area contributed by atoms with Crippen molar-refractivity contribution in [2.75, 3.05) is 13.7 Å². The zero-order valence-corrected chi connectivity index (χ0v) is 11.0. The van der Waals surface area contributed by atoms with Crippen molar-refractivity contribution in [3.8, 4) is 0 Å². The van der Waals surface area contributed by atoms with Crippen LogP contribution in [-0.4, -0.2) is 34.8 Å². The molecular weight excluding hydrogens is 252 g/mol. The average Bonchev–Trinajstić information content (AvgIpc) is 2.31. The number of carbonyl (C=O) groups is 1. The molecule has 1 unspecified atom stereocenters. The Balaban J connectivity index is 2.81. The zero-order valence-electron chi connectivity index (χ0n) is 11.0. The Morgan fingerprint density at radius 3 is 2.63 bits per heavy atom. The van der Waals surface area contributed by atoms with Gasteiger partial charge in [0, 0.05) is 19.3 Å². The van der Waals surface area contributed by atoms with Gasteiger partial charge in [-0.05, 0) is 25.2 Å². The number of nitrogens with one attached hydrogen (secondary N) is 2. The highest BCUT2D eigenvalue weighted by atomic mass is 16.5. The van der Waals surface area contributed by atoms with E-state index in [0.717, 1.165) is 6.42 Å². The van der Waals surface area contributed by atoms with E-state index >= 15 is 0 Å². The van der Waals surface area contributed by atoms with Gasteiger partial charge < -0.3 is 14.8 Å². The number of ether oxygens (including phenoxy) is 1. The Hall–Kier alpha value is -1.89. The molecule has 0 aliphatic heterocycles. The molecule has 0 saturated heterocycles. The molecule has 0 spiro atoms. The van der Waals surface area contributed by atoms with Crippen LogP contribution in [0.25, 0.3) is 0 Å². The molecule has 3 N–H and O–H groups in total. The summed E-state index contributed by atoms with van der Waals surface area (Å²) in [5.74, 6) is -0.969. The third-order valence-electron chi connectivity index (χ3n) is 2.83. The Labute approximate surface area is 109 Å². The Morgan fingerprint density at radius 2 is 2.05 bits per heavy atom. The van der Waals surface area contributed by atoms with Gasteiger partial charge in [0.15, 0.2) is 0 Å². The van der Waals surface area contributed by atoms with E-state index < -0.39 is 17.2 Å². The van der Waals surface area contributed by atoms with Gasteiger partial charge in [-0.15, -0.1) is 0 Å². The van der Waals surface area contributed by atoms with Crippen LogP contribution < -0.4 is 11.2 Å². The summed E-state index contributed by atoms with van der Waals surface area (Å²) < 4.78 is 5.00. The number of aromatic nitrogens is 2. The number of rotatable bonds is 7. The number of methoxy groups -OCH3 is 1. The van der Waals surface area contributed by atoms with E-state index in [9.17, 15) is 14.4 Å². The van der Waals surface area contributed by atoms with Crippen LogP contribution in [0.4, 0.5) is 0 Å². The minimum atomic E-state index is -1.30. The van der Waals surface area contributed by atoms with Crippen molar-refractivity contribution in [2.45, 2.75) is 26.2 Å². The summed E-state index contributed by atoms with van der Waals surface area (Å²) in [4.78, 5) is 37.8. The summed E-state index contributed by atoms with van der Waals surface area (Å²) in [7, 11) is 1.62. The molecule has 7 nitrogen and oxygen atoms in total. The van der Waals surface area contributed by atoms with Crippen LogP contribution in [0.2, 0.25) is 0 Å². The molecule has 0 fully saturated rings. The van der Waals surface area contributed by atoms with Gasteiger partial charge in [0.2, 0.25) is 0 Å².